The van der Waals surface area contributed by atoms with Crippen molar-refractivity contribution >= 4 is 85.5 Å². The van der Waals surface area contributed by atoms with Crippen LogP contribution in [0.15, 0.2) is 31.8 Å². The fourth-order valence-electron chi connectivity index (χ4n) is 5.53. The summed E-state index contributed by atoms with van der Waals surface area (Å²) in [5.74, 6) is 1.79. The molecule has 0 aliphatic carbocycles. The van der Waals surface area contributed by atoms with Crippen molar-refractivity contribution in [2.24, 2.45) is 0 Å². The van der Waals surface area contributed by atoms with Crippen LogP contribution in [0.1, 0.15) is 117 Å². The zero-order valence-electron chi connectivity index (χ0n) is 24.4. The lowest BCUT2D eigenvalue weighted by molar-refractivity contribution is 0.259. The van der Waals surface area contributed by atoms with E-state index in [9.17, 15) is 0 Å². The van der Waals surface area contributed by atoms with Crippen LogP contribution >= 0.6 is 54.5 Å². The molecule has 0 saturated heterocycles. The topological polar surface area (TPSA) is 18.5 Å². The van der Waals surface area contributed by atoms with E-state index in [1.165, 1.54) is 121 Å². The van der Waals surface area contributed by atoms with E-state index in [-0.39, 0.29) is 0 Å². The molecule has 220 valence electrons. The summed E-state index contributed by atoms with van der Waals surface area (Å²) in [5.41, 5.74) is 0. The Morgan fingerprint density at radius 2 is 0.825 bits per heavy atom. The van der Waals surface area contributed by atoms with Crippen molar-refractivity contribution in [1.82, 2.24) is 0 Å². The molecule has 0 radical (unpaired) electrons. The number of ether oxygens (including phenoxy) is 2. The van der Waals surface area contributed by atoms with E-state index in [1.807, 2.05) is 22.7 Å². The number of hydrogen-bond acceptors (Lipinski definition) is 4. The third-order valence-corrected chi connectivity index (χ3v) is 11.2. The normalized spacial score (nSPS) is 11.8. The second kappa shape index (κ2) is 17.3. The van der Waals surface area contributed by atoms with Gasteiger partial charge in [-0.3, -0.25) is 0 Å². The standard InChI is InChI=1S/C34H46Br2O2S2/c1-3-5-7-9-11-13-15-17-19-37-29-21-25-26(22-30(29)38-20-18-16-14-12-10-8-6-4-2)28-24-32(36)40-34(28)33-27(25)23-31(35)39-33/h21-24H,3-20H2,1-2H3. The van der Waals surface area contributed by atoms with E-state index < -0.39 is 0 Å². The molecule has 6 heteroatoms. The van der Waals surface area contributed by atoms with Crippen molar-refractivity contribution in [3.63, 3.8) is 0 Å². The molecule has 0 bridgehead atoms. The number of unbranched alkanes of at least 4 members (excludes halogenated alkanes) is 14. The fraction of sp³-hybridized carbons (Fsp3) is 0.588. The van der Waals surface area contributed by atoms with E-state index in [1.54, 1.807) is 0 Å². The average Bonchev–Trinajstić information content (AvgIpc) is 3.53. The minimum Gasteiger partial charge on any atom is -0.490 e. The molecule has 4 aromatic rings. The Hall–Kier alpha value is -0.820. The summed E-state index contributed by atoms with van der Waals surface area (Å²) in [7, 11) is 0. The monoisotopic (exact) mass is 708 g/mol. The summed E-state index contributed by atoms with van der Waals surface area (Å²) in [6, 6.07) is 9.02. The van der Waals surface area contributed by atoms with Gasteiger partial charge in [-0.2, -0.15) is 0 Å². The summed E-state index contributed by atoms with van der Waals surface area (Å²) < 4.78 is 17.9. The van der Waals surface area contributed by atoms with Crippen LogP contribution in [0.3, 0.4) is 0 Å². The highest BCUT2D eigenvalue weighted by molar-refractivity contribution is 9.11. The highest BCUT2D eigenvalue weighted by Crippen LogP contribution is 2.48. The number of thiophene rings is 2. The third-order valence-electron chi connectivity index (χ3n) is 7.79. The maximum atomic E-state index is 6.46. The summed E-state index contributed by atoms with van der Waals surface area (Å²) in [6.45, 7) is 6.05. The summed E-state index contributed by atoms with van der Waals surface area (Å²) in [6.07, 6.45) is 20.8. The maximum Gasteiger partial charge on any atom is 0.161 e. The van der Waals surface area contributed by atoms with Crippen molar-refractivity contribution in [3.05, 3.63) is 31.8 Å². The van der Waals surface area contributed by atoms with Gasteiger partial charge in [-0.25, -0.2) is 0 Å². The molecular formula is C34H46Br2O2S2. The molecule has 0 atom stereocenters. The molecule has 0 unspecified atom stereocenters. The molecule has 40 heavy (non-hydrogen) atoms. The fourth-order valence-corrected chi connectivity index (χ4v) is 8.91. The van der Waals surface area contributed by atoms with Crippen molar-refractivity contribution < 1.29 is 9.47 Å². The molecule has 2 aromatic heterocycles. The molecule has 2 aromatic carbocycles. The van der Waals surface area contributed by atoms with E-state index in [4.69, 9.17) is 9.47 Å². The average molecular weight is 711 g/mol. The van der Waals surface area contributed by atoms with Gasteiger partial charge < -0.3 is 9.47 Å². The van der Waals surface area contributed by atoms with Crippen LogP contribution in [0.2, 0.25) is 0 Å². The lowest BCUT2D eigenvalue weighted by Gasteiger charge is -2.15. The van der Waals surface area contributed by atoms with Gasteiger partial charge in [0.1, 0.15) is 0 Å². The highest BCUT2D eigenvalue weighted by atomic mass is 79.9. The van der Waals surface area contributed by atoms with Gasteiger partial charge in [-0.1, -0.05) is 104 Å². The first-order valence-electron chi connectivity index (χ1n) is 15.7. The zero-order chi connectivity index (χ0) is 28.2. The molecular weight excluding hydrogens is 664 g/mol. The largest absolute Gasteiger partial charge is 0.490 e. The Morgan fingerprint density at radius 3 is 1.20 bits per heavy atom. The first kappa shape index (κ1) is 32.1. The molecule has 0 spiro atoms. The van der Waals surface area contributed by atoms with Crippen LogP contribution in [0.5, 0.6) is 11.5 Å². The molecule has 4 rings (SSSR count). The zero-order valence-corrected chi connectivity index (χ0v) is 29.2. The van der Waals surface area contributed by atoms with Gasteiger partial charge in [0.25, 0.3) is 0 Å². The number of hydrogen-bond donors (Lipinski definition) is 0. The van der Waals surface area contributed by atoms with Crippen molar-refractivity contribution in [2.75, 3.05) is 13.2 Å². The Bertz CT molecular complexity index is 1230. The molecule has 2 nitrogen and oxygen atoms in total. The number of benzene rings is 2. The summed E-state index contributed by atoms with van der Waals surface area (Å²) in [4.78, 5) is 0. The predicted octanol–water partition coefficient (Wildman–Crippen LogP) is 13.8. The van der Waals surface area contributed by atoms with Gasteiger partial charge in [-0.15, -0.1) is 22.7 Å². The number of halogens is 2. The van der Waals surface area contributed by atoms with Gasteiger partial charge in [0.05, 0.1) is 30.2 Å². The van der Waals surface area contributed by atoms with Crippen molar-refractivity contribution in [2.45, 2.75) is 117 Å². The van der Waals surface area contributed by atoms with E-state index in [2.05, 4.69) is 70.0 Å². The summed E-state index contributed by atoms with van der Waals surface area (Å²) in [5, 5.41) is 5.08. The van der Waals surface area contributed by atoms with E-state index >= 15 is 0 Å². The smallest absolute Gasteiger partial charge is 0.161 e. The van der Waals surface area contributed by atoms with Gasteiger partial charge in [0, 0.05) is 10.8 Å². The van der Waals surface area contributed by atoms with E-state index in [0.717, 1.165) is 45.1 Å². The SMILES string of the molecule is CCCCCCCCCCOc1cc2c(cc1OCCCCCCCCCC)c1cc(Br)sc1c1sc(Br)cc21. The Labute approximate surface area is 266 Å². The van der Waals surface area contributed by atoms with Gasteiger partial charge in [0.15, 0.2) is 11.5 Å². The minimum atomic E-state index is 0.747. The van der Waals surface area contributed by atoms with Crippen LogP contribution in [0.25, 0.3) is 30.9 Å². The second-order valence-corrected chi connectivity index (χ2v) is 15.9. The second-order valence-electron chi connectivity index (χ2n) is 11.1. The first-order valence-corrected chi connectivity index (χ1v) is 18.9. The molecule has 2 heterocycles. The predicted molar refractivity (Wildman–Crippen MR) is 186 cm³/mol. The van der Waals surface area contributed by atoms with Gasteiger partial charge >= 0.3 is 0 Å². The molecule has 0 N–H and O–H groups in total. The van der Waals surface area contributed by atoms with Crippen LogP contribution < -0.4 is 9.47 Å². The molecule has 0 aliphatic rings. The first-order chi connectivity index (χ1) is 19.6. The maximum absolute atomic E-state index is 6.46. The number of rotatable bonds is 20. The number of fused-ring (bicyclic) bond motifs is 6. The van der Waals surface area contributed by atoms with E-state index in [0.29, 0.717) is 0 Å². The third kappa shape index (κ3) is 9.09. The lowest BCUT2D eigenvalue weighted by Crippen LogP contribution is -2.03. The van der Waals surface area contributed by atoms with Crippen molar-refractivity contribution in [3.8, 4) is 11.5 Å². The Kier molecular flexibility index (Phi) is 13.9. The molecule has 0 amide bonds. The lowest BCUT2D eigenvalue weighted by atomic mass is 10.0. The van der Waals surface area contributed by atoms with Crippen LogP contribution in [-0.4, -0.2) is 13.2 Å². The summed E-state index contributed by atoms with van der Waals surface area (Å²) >= 11 is 11.1. The minimum absolute atomic E-state index is 0.747. The molecule has 0 saturated carbocycles. The quantitative estimate of drug-likeness (QED) is 0.0850. The van der Waals surface area contributed by atoms with Gasteiger partial charge in [0.2, 0.25) is 0 Å². The Morgan fingerprint density at radius 1 is 0.475 bits per heavy atom. The van der Waals surface area contributed by atoms with Gasteiger partial charge in [-0.05, 0) is 79.7 Å². The van der Waals surface area contributed by atoms with Crippen LogP contribution in [-0.2, 0) is 0 Å². The van der Waals surface area contributed by atoms with Crippen LogP contribution in [0, 0.1) is 0 Å². The van der Waals surface area contributed by atoms with Crippen molar-refractivity contribution in [1.29, 1.82) is 0 Å². The van der Waals surface area contributed by atoms with Crippen LogP contribution in [0.4, 0.5) is 0 Å². The highest BCUT2D eigenvalue weighted by Gasteiger charge is 2.18. The molecule has 0 fully saturated rings. The molecule has 0 aliphatic heterocycles. The Balaban J connectivity index is 1.46.